The minimum Gasteiger partial charge on any atom is -0.346 e. The van der Waals surface area contributed by atoms with E-state index in [1.807, 2.05) is 0 Å². The molecule has 0 spiro atoms. The highest BCUT2D eigenvalue weighted by Gasteiger charge is 2.40. The molecule has 0 unspecified atom stereocenters. The van der Waals surface area contributed by atoms with Crippen LogP contribution in [0.3, 0.4) is 0 Å². The zero-order valence-corrected chi connectivity index (χ0v) is 9.47. The van der Waals surface area contributed by atoms with Gasteiger partial charge in [-0.15, -0.1) is 0 Å². The van der Waals surface area contributed by atoms with Crippen molar-refractivity contribution in [2.45, 2.75) is 19.5 Å². The molecule has 0 fully saturated rings. The van der Waals surface area contributed by atoms with E-state index < -0.39 is 12.1 Å². The Morgan fingerprint density at radius 3 is 1.88 bits per heavy atom. The van der Waals surface area contributed by atoms with E-state index in [9.17, 15) is 22.8 Å². The Labute approximate surface area is 92.0 Å². The summed E-state index contributed by atoms with van der Waals surface area (Å²) < 4.78 is 35.9. The highest BCUT2D eigenvalue weighted by atomic mass is 19.4. The third-order valence-electron chi connectivity index (χ3n) is 2.11. The Morgan fingerprint density at radius 2 is 1.50 bits per heavy atom. The van der Waals surface area contributed by atoms with Crippen molar-refractivity contribution < 1.29 is 22.8 Å². The molecule has 0 aromatic rings. The molecule has 0 atom stereocenters. The molecular formula is C9H15F3N2O2. The summed E-state index contributed by atoms with van der Waals surface area (Å²) in [5.41, 5.74) is 0. The lowest BCUT2D eigenvalue weighted by Crippen LogP contribution is -2.39. The zero-order chi connectivity index (χ0) is 12.9. The molecule has 0 aliphatic heterocycles. The molecule has 0 heterocycles. The van der Waals surface area contributed by atoms with Gasteiger partial charge in [-0.25, -0.2) is 0 Å². The highest BCUT2D eigenvalue weighted by Crippen LogP contribution is 2.17. The highest BCUT2D eigenvalue weighted by molar-refractivity contribution is 5.81. The molecule has 0 saturated heterocycles. The summed E-state index contributed by atoms with van der Waals surface area (Å²) >= 11 is 0. The summed E-state index contributed by atoms with van der Waals surface area (Å²) in [5, 5.41) is 0. The fourth-order valence-corrected chi connectivity index (χ4v) is 1.02. The van der Waals surface area contributed by atoms with Gasteiger partial charge in [-0.1, -0.05) is 0 Å². The van der Waals surface area contributed by atoms with Gasteiger partial charge in [0.1, 0.15) is 0 Å². The van der Waals surface area contributed by atoms with Gasteiger partial charge in [0, 0.05) is 34.1 Å². The van der Waals surface area contributed by atoms with Crippen molar-refractivity contribution in [2.75, 3.05) is 27.2 Å². The molecule has 7 heteroatoms. The van der Waals surface area contributed by atoms with Crippen LogP contribution < -0.4 is 0 Å². The monoisotopic (exact) mass is 240 g/mol. The van der Waals surface area contributed by atoms with Gasteiger partial charge in [0.15, 0.2) is 0 Å². The Morgan fingerprint density at radius 1 is 1.06 bits per heavy atom. The molecule has 0 aliphatic rings. The van der Waals surface area contributed by atoms with Crippen molar-refractivity contribution in [2.24, 2.45) is 0 Å². The van der Waals surface area contributed by atoms with Crippen molar-refractivity contribution in [3.8, 4) is 0 Å². The summed E-state index contributed by atoms with van der Waals surface area (Å²) in [6.07, 6.45) is -4.52. The molecule has 0 bridgehead atoms. The first-order chi connectivity index (χ1) is 7.16. The fourth-order valence-electron chi connectivity index (χ4n) is 1.02. The van der Waals surface area contributed by atoms with Gasteiger partial charge in [-0.3, -0.25) is 9.59 Å². The standard InChI is InChI=1S/C9H15F3N2O2/c1-7(15)13(2)5-4-6-14(3)8(16)9(10,11)12/h4-6H2,1-3H3. The van der Waals surface area contributed by atoms with E-state index in [0.717, 1.165) is 7.05 Å². The van der Waals surface area contributed by atoms with Gasteiger partial charge in [0.25, 0.3) is 0 Å². The lowest BCUT2D eigenvalue weighted by Gasteiger charge is -2.20. The number of amides is 2. The average Bonchev–Trinajstić information content (AvgIpc) is 2.14. The van der Waals surface area contributed by atoms with Crippen LogP contribution >= 0.6 is 0 Å². The minimum absolute atomic E-state index is 0.0318. The molecule has 4 nitrogen and oxygen atoms in total. The molecule has 16 heavy (non-hydrogen) atoms. The van der Waals surface area contributed by atoms with Crippen LogP contribution in [-0.2, 0) is 9.59 Å². The molecule has 0 rings (SSSR count). The summed E-state index contributed by atoms with van der Waals surface area (Å²) in [4.78, 5) is 23.5. The zero-order valence-electron chi connectivity index (χ0n) is 9.47. The van der Waals surface area contributed by atoms with Crippen LogP contribution in [0.15, 0.2) is 0 Å². The number of carbonyl (C=O) groups is 2. The predicted octanol–water partition coefficient (Wildman–Crippen LogP) is 0.876. The van der Waals surface area contributed by atoms with Crippen LogP contribution in [0, 0.1) is 0 Å². The van der Waals surface area contributed by atoms with Crippen LogP contribution in [0.5, 0.6) is 0 Å². The predicted molar refractivity (Wildman–Crippen MR) is 51.6 cm³/mol. The second kappa shape index (κ2) is 5.72. The van der Waals surface area contributed by atoms with Crippen molar-refractivity contribution in [3.63, 3.8) is 0 Å². The van der Waals surface area contributed by atoms with Crippen molar-refractivity contribution in [1.82, 2.24) is 9.80 Å². The molecule has 94 valence electrons. The van der Waals surface area contributed by atoms with E-state index in [-0.39, 0.29) is 12.5 Å². The lowest BCUT2D eigenvalue weighted by molar-refractivity contribution is -0.184. The number of nitrogens with zero attached hydrogens (tertiary/aromatic N) is 2. The Kier molecular flexibility index (Phi) is 5.26. The van der Waals surface area contributed by atoms with Crippen LogP contribution in [0.25, 0.3) is 0 Å². The molecule has 0 aromatic carbocycles. The van der Waals surface area contributed by atoms with Crippen LogP contribution in [0.4, 0.5) is 13.2 Å². The van der Waals surface area contributed by atoms with Gasteiger partial charge >= 0.3 is 12.1 Å². The minimum atomic E-state index is -4.83. The smallest absolute Gasteiger partial charge is 0.346 e. The maximum atomic E-state index is 12.0. The van der Waals surface area contributed by atoms with Gasteiger partial charge in [0.05, 0.1) is 0 Å². The summed E-state index contributed by atoms with van der Waals surface area (Å²) in [6.45, 7) is 1.66. The summed E-state index contributed by atoms with van der Waals surface area (Å²) in [5.74, 6) is -2.03. The number of hydrogen-bond donors (Lipinski definition) is 0. The third-order valence-corrected chi connectivity index (χ3v) is 2.11. The second-order valence-electron chi connectivity index (χ2n) is 3.52. The number of halogens is 3. The van der Waals surface area contributed by atoms with E-state index in [1.165, 1.54) is 11.8 Å². The van der Waals surface area contributed by atoms with Gasteiger partial charge < -0.3 is 9.80 Å². The normalized spacial score (nSPS) is 11.1. The Bertz CT molecular complexity index is 266. The van der Waals surface area contributed by atoms with Crippen molar-refractivity contribution >= 4 is 11.8 Å². The number of rotatable bonds is 4. The van der Waals surface area contributed by atoms with Gasteiger partial charge in [-0.05, 0) is 6.42 Å². The molecule has 0 saturated carbocycles. The lowest BCUT2D eigenvalue weighted by atomic mass is 10.3. The van der Waals surface area contributed by atoms with E-state index in [2.05, 4.69) is 0 Å². The Balaban J connectivity index is 3.95. The second-order valence-corrected chi connectivity index (χ2v) is 3.52. The van der Waals surface area contributed by atoms with Crippen LogP contribution in [0.1, 0.15) is 13.3 Å². The third kappa shape index (κ3) is 4.99. The van der Waals surface area contributed by atoms with Crippen molar-refractivity contribution in [1.29, 1.82) is 0 Å². The fraction of sp³-hybridized carbons (Fsp3) is 0.778. The summed E-state index contributed by atoms with van der Waals surface area (Å²) in [7, 11) is 2.64. The van der Waals surface area contributed by atoms with Crippen molar-refractivity contribution in [3.05, 3.63) is 0 Å². The first kappa shape index (κ1) is 14.7. The SMILES string of the molecule is CC(=O)N(C)CCCN(C)C(=O)C(F)(F)F. The first-order valence-corrected chi connectivity index (χ1v) is 4.70. The summed E-state index contributed by atoms with van der Waals surface area (Å²) in [6, 6.07) is 0. The molecular weight excluding hydrogens is 225 g/mol. The van der Waals surface area contributed by atoms with Crippen LogP contribution in [0.2, 0.25) is 0 Å². The van der Waals surface area contributed by atoms with E-state index in [4.69, 9.17) is 0 Å². The molecule has 0 aromatic heterocycles. The largest absolute Gasteiger partial charge is 0.471 e. The van der Waals surface area contributed by atoms with Crippen LogP contribution in [-0.4, -0.2) is 55.0 Å². The maximum Gasteiger partial charge on any atom is 0.471 e. The topological polar surface area (TPSA) is 40.6 Å². The van der Waals surface area contributed by atoms with E-state index in [1.54, 1.807) is 7.05 Å². The first-order valence-electron chi connectivity index (χ1n) is 4.70. The maximum absolute atomic E-state index is 12.0. The van der Waals surface area contributed by atoms with E-state index in [0.29, 0.717) is 17.9 Å². The van der Waals surface area contributed by atoms with E-state index >= 15 is 0 Å². The number of hydrogen-bond acceptors (Lipinski definition) is 2. The molecule has 0 N–H and O–H groups in total. The van der Waals surface area contributed by atoms with Gasteiger partial charge in [-0.2, -0.15) is 13.2 Å². The molecule has 2 amide bonds. The average molecular weight is 240 g/mol. The Hall–Kier alpha value is -1.27. The quantitative estimate of drug-likeness (QED) is 0.731. The molecule has 0 radical (unpaired) electrons. The number of carbonyl (C=O) groups excluding carboxylic acids is 2. The number of alkyl halides is 3. The van der Waals surface area contributed by atoms with Gasteiger partial charge in [0.2, 0.25) is 5.91 Å². The molecule has 0 aliphatic carbocycles.